The lowest BCUT2D eigenvalue weighted by Crippen LogP contribution is -2.44. The van der Waals surface area contributed by atoms with Gasteiger partial charge in [0, 0.05) is 37.6 Å². The number of rotatable bonds is 3. The van der Waals surface area contributed by atoms with Gasteiger partial charge < -0.3 is 19.3 Å². The van der Waals surface area contributed by atoms with Crippen molar-refractivity contribution in [3.63, 3.8) is 0 Å². The molecule has 1 aliphatic rings. The molecular formula is C15H20N4O2. The molecule has 0 saturated carbocycles. The van der Waals surface area contributed by atoms with E-state index in [1.807, 2.05) is 12.1 Å². The van der Waals surface area contributed by atoms with Crippen molar-refractivity contribution in [2.45, 2.75) is 0 Å². The Morgan fingerprint density at radius 1 is 0.952 bits per heavy atom. The van der Waals surface area contributed by atoms with E-state index in [-0.39, 0.29) is 0 Å². The highest BCUT2D eigenvalue weighted by molar-refractivity contribution is 5.92. The highest BCUT2D eigenvalue weighted by Gasteiger charge is 2.19. The first kappa shape index (κ1) is 13.9. The second kappa shape index (κ2) is 5.73. The van der Waals surface area contributed by atoms with Gasteiger partial charge in [0.25, 0.3) is 0 Å². The standard InChI is InChI=1S/C15H20N4O2/c1-18-4-6-19(7-5-18)15-11-8-13(20-2)14(21-3)9-12(11)16-10-17-15/h8-10H,4-7H2,1-3H3. The van der Waals surface area contributed by atoms with Crippen LogP contribution >= 0.6 is 0 Å². The van der Waals surface area contributed by atoms with Gasteiger partial charge in [0.2, 0.25) is 0 Å². The molecule has 1 aliphatic heterocycles. The molecule has 6 nitrogen and oxygen atoms in total. The lowest BCUT2D eigenvalue weighted by molar-refractivity contribution is 0.312. The Morgan fingerprint density at radius 2 is 1.62 bits per heavy atom. The van der Waals surface area contributed by atoms with Crippen molar-refractivity contribution < 1.29 is 9.47 Å². The molecule has 0 spiro atoms. The van der Waals surface area contributed by atoms with E-state index in [2.05, 4.69) is 26.8 Å². The van der Waals surface area contributed by atoms with Gasteiger partial charge in [-0.25, -0.2) is 9.97 Å². The smallest absolute Gasteiger partial charge is 0.162 e. The average Bonchev–Trinajstić information content (AvgIpc) is 2.53. The maximum absolute atomic E-state index is 5.40. The minimum atomic E-state index is 0.688. The predicted molar refractivity (Wildman–Crippen MR) is 82.4 cm³/mol. The number of hydrogen-bond donors (Lipinski definition) is 0. The van der Waals surface area contributed by atoms with E-state index in [1.165, 1.54) is 0 Å². The number of benzene rings is 1. The Morgan fingerprint density at radius 3 is 2.29 bits per heavy atom. The molecular weight excluding hydrogens is 268 g/mol. The predicted octanol–water partition coefficient (Wildman–Crippen LogP) is 1.40. The Hall–Kier alpha value is -2.08. The van der Waals surface area contributed by atoms with Crippen molar-refractivity contribution in [3.8, 4) is 11.5 Å². The molecule has 1 saturated heterocycles. The van der Waals surface area contributed by atoms with Crippen LogP contribution in [0.25, 0.3) is 10.9 Å². The van der Waals surface area contributed by atoms with Gasteiger partial charge in [0.15, 0.2) is 11.5 Å². The van der Waals surface area contributed by atoms with E-state index in [0.29, 0.717) is 11.5 Å². The normalized spacial score (nSPS) is 16.2. The third kappa shape index (κ3) is 2.58. The summed E-state index contributed by atoms with van der Waals surface area (Å²) in [6.07, 6.45) is 1.61. The number of anilines is 1. The molecule has 0 unspecified atom stereocenters. The molecule has 1 aromatic heterocycles. The van der Waals surface area contributed by atoms with Gasteiger partial charge in [0.05, 0.1) is 19.7 Å². The summed E-state index contributed by atoms with van der Waals surface area (Å²) >= 11 is 0. The molecule has 21 heavy (non-hydrogen) atoms. The highest BCUT2D eigenvalue weighted by Crippen LogP contribution is 2.34. The van der Waals surface area contributed by atoms with Crippen molar-refractivity contribution in [1.29, 1.82) is 0 Å². The quantitative estimate of drug-likeness (QED) is 0.851. The number of nitrogens with zero attached hydrogens (tertiary/aromatic N) is 4. The molecule has 0 amide bonds. The van der Waals surface area contributed by atoms with Gasteiger partial charge >= 0.3 is 0 Å². The summed E-state index contributed by atoms with van der Waals surface area (Å²) in [6, 6.07) is 3.86. The van der Waals surface area contributed by atoms with Gasteiger partial charge in [0.1, 0.15) is 12.1 Å². The first-order chi connectivity index (χ1) is 10.2. The molecule has 1 aromatic carbocycles. The Balaban J connectivity index is 2.06. The fourth-order valence-electron chi connectivity index (χ4n) is 2.64. The summed E-state index contributed by atoms with van der Waals surface area (Å²) in [5, 5.41) is 1.000. The number of likely N-dealkylation sites (N-methyl/N-ethyl adjacent to an activating group) is 1. The van der Waals surface area contributed by atoms with Crippen molar-refractivity contribution in [3.05, 3.63) is 18.5 Å². The van der Waals surface area contributed by atoms with Crippen LogP contribution in [0.1, 0.15) is 0 Å². The topological polar surface area (TPSA) is 50.7 Å². The maximum atomic E-state index is 5.40. The lowest BCUT2D eigenvalue weighted by atomic mass is 10.2. The van der Waals surface area contributed by atoms with Crippen molar-refractivity contribution in [2.24, 2.45) is 0 Å². The van der Waals surface area contributed by atoms with E-state index in [4.69, 9.17) is 9.47 Å². The van der Waals surface area contributed by atoms with Crippen LogP contribution < -0.4 is 14.4 Å². The maximum Gasteiger partial charge on any atom is 0.162 e. The van der Waals surface area contributed by atoms with E-state index < -0.39 is 0 Å². The summed E-state index contributed by atoms with van der Waals surface area (Å²) in [5.74, 6) is 2.36. The minimum absolute atomic E-state index is 0.688. The van der Waals surface area contributed by atoms with Crippen LogP contribution in [0.5, 0.6) is 11.5 Å². The zero-order chi connectivity index (χ0) is 14.8. The molecule has 6 heteroatoms. The van der Waals surface area contributed by atoms with E-state index >= 15 is 0 Å². The summed E-state index contributed by atoms with van der Waals surface area (Å²) < 4.78 is 10.7. The molecule has 2 heterocycles. The van der Waals surface area contributed by atoms with Crippen LogP contribution in [-0.2, 0) is 0 Å². The molecule has 3 rings (SSSR count). The molecule has 1 fully saturated rings. The number of methoxy groups -OCH3 is 2. The van der Waals surface area contributed by atoms with Crippen LogP contribution in [0.3, 0.4) is 0 Å². The van der Waals surface area contributed by atoms with Crippen LogP contribution in [0.4, 0.5) is 5.82 Å². The Labute approximate surface area is 124 Å². The van der Waals surface area contributed by atoms with E-state index in [0.717, 1.165) is 42.9 Å². The largest absolute Gasteiger partial charge is 0.493 e. The SMILES string of the molecule is COc1cc2ncnc(N3CCN(C)CC3)c2cc1OC. The van der Waals surface area contributed by atoms with E-state index in [1.54, 1.807) is 20.5 Å². The summed E-state index contributed by atoms with van der Waals surface area (Å²) in [7, 11) is 5.42. The van der Waals surface area contributed by atoms with Gasteiger partial charge in [-0.2, -0.15) is 0 Å². The number of fused-ring (bicyclic) bond motifs is 1. The van der Waals surface area contributed by atoms with Crippen molar-refractivity contribution in [1.82, 2.24) is 14.9 Å². The highest BCUT2D eigenvalue weighted by atomic mass is 16.5. The lowest BCUT2D eigenvalue weighted by Gasteiger charge is -2.33. The van der Waals surface area contributed by atoms with Gasteiger partial charge in [-0.3, -0.25) is 0 Å². The van der Waals surface area contributed by atoms with Crippen LogP contribution in [0.15, 0.2) is 18.5 Å². The van der Waals surface area contributed by atoms with Crippen LogP contribution in [0, 0.1) is 0 Å². The average molecular weight is 288 g/mol. The molecule has 0 aliphatic carbocycles. The molecule has 0 N–H and O–H groups in total. The monoisotopic (exact) mass is 288 g/mol. The van der Waals surface area contributed by atoms with Crippen LogP contribution in [0.2, 0.25) is 0 Å². The third-order valence-electron chi connectivity index (χ3n) is 3.92. The number of hydrogen-bond acceptors (Lipinski definition) is 6. The van der Waals surface area contributed by atoms with Gasteiger partial charge in [-0.05, 0) is 13.1 Å². The molecule has 112 valence electrons. The zero-order valence-corrected chi connectivity index (χ0v) is 12.7. The van der Waals surface area contributed by atoms with Crippen molar-refractivity contribution >= 4 is 16.7 Å². The molecule has 0 bridgehead atoms. The zero-order valence-electron chi connectivity index (χ0n) is 12.7. The fraction of sp³-hybridized carbons (Fsp3) is 0.467. The summed E-state index contributed by atoms with van der Waals surface area (Å²) in [6.45, 7) is 4.02. The molecule has 0 atom stereocenters. The second-order valence-electron chi connectivity index (χ2n) is 5.21. The van der Waals surface area contributed by atoms with E-state index in [9.17, 15) is 0 Å². The Bertz CT molecular complexity index is 639. The first-order valence-electron chi connectivity index (χ1n) is 7.03. The summed E-state index contributed by atoms with van der Waals surface area (Å²) in [5.41, 5.74) is 0.872. The third-order valence-corrected chi connectivity index (χ3v) is 3.92. The summed E-state index contributed by atoms with van der Waals surface area (Å²) in [4.78, 5) is 13.5. The van der Waals surface area contributed by atoms with Gasteiger partial charge in [-0.1, -0.05) is 0 Å². The fourth-order valence-corrected chi connectivity index (χ4v) is 2.64. The first-order valence-corrected chi connectivity index (χ1v) is 7.03. The Kier molecular flexibility index (Phi) is 3.79. The van der Waals surface area contributed by atoms with Gasteiger partial charge in [-0.15, -0.1) is 0 Å². The minimum Gasteiger partial charge on any atom is -0.493 e. The number of ether oxygens (including phenoxy) is 2. The number of piperazine rings is 1. The van der Waals surface area contributed by atoms with Crippen LogP contribution in [-0.4, -0.2) is 62.3 Å². The number of aromatic nitrogens is 2. The second-order valence-corrected chi connectivity index (χ2v) is 5.21. The van der Waals surface area contributed by atoms with Crippen molar-refractivity contribution in [2.75, 3.05) is 52.3 Å². The molecule has 2 aromatic rings. The molecule has 0 radical (unpaired) electrons.